The zero-order valence-corrected chi connectivity index (χ0v) is 19.7. The zero-order chi connectivity index (χ0) is 23.5. The molecule has 3 heterocycles. The van der Waals surface area contributed by atoms with Crippen molar-refractivity contribution in [2.24, 2.45) is 0 Å². The minimum absolute atomic E-state index is 0.0866. The molecule has 0 spiro atoms. The smallest absolute Gasteiger partial charge is 0.191 e. The van der Waals surface area contributed by atoms with E-state index in [0.717, 1.165) is 35.7 Å². The van der Waals surface area contributed by atoms with Crippen LogP contribution in [0.4, 0.5) is 10.2 Å². The number of halogens is 1. The Hall–Kier alpha value is -3.24. The molecule has 0 saturated carbocycles. The van der Waals surface area contributed by atoms with Gasteiger partial charge in [0.1, 0.15) is 5.82 Å². The second-order valence-corrected chi connectivity index (χ2v) is 9.38. The number of nitrogens with two attached hydrogens (primary N) is 1. The molecule has 34 heavy (non-hydrogen) atoms. The van der Waals surface area contributed by atoms with E-state index in [4.69, 9.17) is 10.5 Å². The first-order chi connectivity index (χ1) is 16.6. The van der Waals surface area contributed by atoms with Crippen molar-refractivity contribution in [3.8, 4) is 11.5 Å². The van der Waals surface area contributed by atoms with Gasteiger partial charge in [-0.3, -0.25) is 4.57 Å². The van der Waals surface area contributed by atoms with Crippen LogP contribution in [-0.2, 0) is 23.6 Å². The first kappa shape index (κ1) is 22.5. The summed E-state index contributed by atoms with van der Waals surface area (Å²) < 4.78 is 22.8. The van der Waals surface area contributed by atoms with Gasteiger partial charge >= 0.3 is 0 Å². The lowest BCUT2D eigenvalue weighted by molar-refractivity contribution is 0.0953. The molecule has 5 rings (SSSR count). The number of rotatable bonds is 8. The van der Waals surface area contributed by atoms with Crippen LogP contribution in [-0.4, -0.2) is 42.5 Å². The molecule has 0 aliphatic carbocycles. The van der Waals surface area contributed by atoms with Crippen molar-refractivity contribution in [2.45, 2.75) is 49.9 Å². The summed E-state index contributed by atoms with van der Waals surface area (Å²) in [6.45, 7) is 3.94. The normalized spacial score (nSPS) is 15.8. The number of thioether (sulfide) groups is 1. The Morgan fingerprint density at radius 2 is 1.97 bits per heavy atom. The van der Waals surface area contributed by atoms with E-state index < -0.39 is 0 Å². The van der Waals surface area contributed by atoms with Crippen LogP contribution >= 0.6 is 11.8 Å². The van der Waals surface area contributed by atoms with E-state index in [1.807, 2.05) is 16.7 Å². The molecule has 8 nitrogen and oxygen atoms in total. The van der Waals surface area contributed by atoms with Gasteiger partial charge in [-0.2, -0.15) is 0 Å². The van der Waals surface area contributed by atoms with Gasteiger partial charge in [-0.05, 0) is 43.0 Å². The third-order valence-electron chi connectivity index (χ3n) is 5.81. The van der Waals surface area contributed by atoms with Gasteiger partial charge in [0.15, 0.2) is 22.5 Å². The molecule has 2 aromatic carbocycles. The van der Waals surface area contributed by atoms with Gasteiger partial charge in [-0.1, -0.05) is 58.9 Å². The number of aromatic nitrogens is 6. The predicted molar refractivity (Wildman–Crippen MR) is 129 cm³/mol. The topological polar surface area (TPSA) is 96.7 Å². The number of nitrogens with zero attached hydrogens (tertiary/aromatic N) is 6. The lowest BCUT2D eigenvalue weighted by atomic mass is 10.1. The van der Waals surface area contributed by atoms with Crippen molar-refractivity contribution in [1.29, 1.82) is 0 Å². The molecule has 10 heteroatoms. The lowest BCUT2D eigenvalue weighted by Gasteiger charge is -2.14. The van der Waals surface area contributed by atoms with Crippen LogP contribution in [0.25, 0.3) is 11.5 Å². The van der Waals surface area contributed by atoms with E-state index in [9.17, 15) is 4.39 Å². The van der Waals surface area contributed by atoms with Gasteiger partial charge in [0.05, 0.1) is 19.2 Å². The largest absolute Gasteiger partial charge is 0.382 e. The molecule has 0 amide bonds. The number of hydrogen-bond acceptors (Lipinski definition) is 7. The SMILES string of the molecule is Cc1cccc(Cn2nnc(-c3nnc(SCc4ccc(F)cc4)n3C[C@H]3CCCO3)c2N)c1. The fourth-order valence-electron chi connectivity index (χ4n) is 4.04. The molecule has 1 saturated heterocycles. The summed E-state index contributed by atoms with van der Waals surface area (Å²) in [5.41, 5.74) is 10.3. The molecule has 1 aliphatic rings. The average Bonchev–Trinajstić information content (AvgIpc) is 3.56. The maximum atomic E-state index is 13.3. The monoisotopic (exact) mass is 479 g/mol. The van der Waals surface area contributed by atoms with E-state index in [2.05, 4.69) is 39.6 Å². The van der Waals surface area contributed by atoms with E-state index in [1.165, 1.54) is 29.5 Å². The third kappa shape index (κ3) is 4.97. The Morgan fingerprint density at radius 3 is 2.74 bits per heavy atom. The van der Waals surface area contributed by atoms with E-state index in [1.54, 1.807) is 16.8 Å². The van der Waals surface area contributed by atoms with Crippen molar-refractivity contribution in [3.63, 3.8) is 0 Å². The van der Waals surface area contributed by atoms with Crippen molar-refractivity contribution in [3.05, 3.63) is 71.0 Å². The van der Waals surface area contributed by atoms with Crippen LogP contribution in [0.2, 0.25) is 0 Å². The average molecular weight is 480 g/mol. The molecule has 1 fully saturated rings. The fraction of sp³-hybridized carbons (Fsp3) is 0.333. The Morgan fingerprint density at radius 1 is 1.12 bits per heavy atom. The molecule has 2 N–H and O–H groups in total. The van der Waals surface area contributed by atoms with E-state index in [0.29, 0.717) is 36.2 Å². The Labute approximate surface area is 201 Å². The molecule has 176 valence electrons. The highest BCUT2D eigenvalue weighted by Crippen LogP contribution is 2.30. The summed E-state index contributed by atoms with van der Waals surface area (Å²) in [5, 5.41) is 18.2. The molecule has 2 aromatic heterocycles. The second-order valence-electron chi connectivity index (χ2n) is 8.44. The standard InChI is InChI=1S/C24H26FN7OS/c1-16-4-2-5-18(12-16)13-32-22(26)21(27-30-32)23-28-29-24(31(23)14-20-6-3-11-33-20)34-15-17-7-9-19(25)10-8-17/h2,4-5,7-10,12,20H,3,6,11,13-15,26H2,1H3/t20-/m1/s1. The molecule has 0 unspecified atom stereocenters. The molecule has 1 atom stereocenters. The van der Waals surface area contributed by atoms with Gasteiger partial charge in [0, 0.05) is 12.4 Å². The first-order valence-corrected chi connectivity index (χ1v) is 12.2. The highest BCUT2D eigenvalue weighted by atomic mass is 32.2. The summed E-state index contributed by atoms with van der Waals surface area (Å²) in [4.78, 5) is 0. The Balaban J connectivity index is 1.42. The van der Waals surface area contributed by atoms with Crippen molar-refractivity contribution in [2.75, 3.05) is 12.3 Å². The van der Waals surface area contributed by atoms with Crippen LogP contribution in [0.5, 0.6) is 0 Å². The van der Waals surface area contributed by atoms with E-state index in [-0.39, 0.29) is 11.9 Å². The molecular formula is C24H26FN7OS. The minimum Gasteiger partial charge on any atom is -0.382 e. The minimum atomic E-state index is -0.248. The number of aryl methyl sites for hydroxylation is 1. The summed E-state index contributed by atoms with van der Waals surface area (Å²) >= 11 is 1.54. The quantitative estimate of drug-likeness (QED) is 0.380. The highest BCUT2D eigenvalue weighted by molar-refractivity contribution is 7.98. The van der Waals surface area contributed by atoms with Crippen LogP contribution in [0, 0.1) is 12.7 Å². The van der Waals surface area contributed by atoms with Crippen molar-refractivity contribution < 1.29 is 9.13 Å². The Bertz CT molecular complexity index is 1260. The van der Waals surface area contributed by atoms with Gasteiger partial charge in [0.2, 0.25) is 0 Å². The van der Waals surface area contributed by atoms with Crippen LogP contribution in [0.15, 0.2) is 53.7 Å². The molecule has 0 radical (unpaired) electrons. The van der Waals surface area contributed by atoms with Crippen molar-refractivity contribution in [1.82, 2.24) is 29.8 Å². The van der Waals surface area contributed by atoms with E-state index >= 15 is 0 Å². The number of benzene rings is 2. The highest BCUT2D eigenvalue weighted by Gasteiger charge is 2.25. The number of ether oxygens (including phenoxy) is 1. The summed E-state index contributed by atoms with van der Waals surface area (Å²) in [5.74, 6) is 1.41. The molecular weight excluding hydrogens is 453 g/mol. The fourth-order valence-corrected chi connectivity index (χ4v) is 4.94. The third-order valence-corrected chi connectivity index (χ3v) is 6.85. The van der Waals surface area contributed by atoms with Crippen LogP contribution < -0.4 is 5.73 Å². The predicted octanol–water partition coefficient (Wildman–Crippen LogP) is 4.09. The molecule has 4 aromatic rings. The number of anilines is 1. The summed E-state index contributed by atoms with van der Waals surface area (Å²) in [7, 11) is 0. The molecule has 1 aliphatic heterocycles. The van der Waals surface area contributed by atoms with Crippen LogP contribution in [0.3, 0.4) is 0 Å². The second kappa shape index (κ2) is 9.94. The summed E-state index contributed by atoms with van der Waals surface area (Å²) in [6, 6.07) is 14.7. The van der Waals surface area contributed by atoms with Gasteiger partial charge in [-0.15, -0.1) is 15.3 Å². The lowest BCUT2D eigenvalue weighted by Crippen LogP contribution is -2.17. The number of nitrogen functional groups attached to an aromatic ring is 1. The van der Waals surface area contributed by atoms with Crippen LogP contribution in [0.1, 0.15) is 29.5 Å². The number of hydrogen-bond donors (Lipinski definition) is 1. The zero-order valence-electron chi connectivity index (χ0n) is 18.9. The first-order valence-electron chi connectivity index (χ1n) is 11.2. The maximum Gasteiger partial charge on any atom is 0.191 e. The summed E-state index contributed by atoms with van der Waals surface area (Å²) in [6.07, 6.45) is 2.10. The van der Waals surface area contributed by atoms with Gasteiger partial charge in [0.25, 0.3) is 0 Å². The van der Waals surface area contributed by atoms with Gasteiger partial charge < -0.3 is 10.5 Å². The van der Waals surface area contributed by atoms with Crippen molar-refractivity contribution >= 4 is 17.6 Å². The van der Waals surface area contributed by atoms with Gasteiger partial charge in [-0.25, -0.2) is 9.07 Å². The molecule has 0 bridgehead atoms. The maximum absolute atomic E-state index is 13.3. The Kier molecular flexibility index (Phi) is 6.59.